The van der Waals surface area contributed by atoms with Crippen molar-refractivity contribution in [1.82, 2.24) is 9.78 Å². The second-order valence-electron chi connectivity index (χ2n) is 5.21. The molecule has 1 aromatic rings. The zero-order valence-corrected chi connectivity index (χ0v) is 13.1. The van der Waals surface area contributed by atoms with Crippen molar-refractivity contribution in [2.45, 2.75) is 57.4 Å². The highest BCUT2D eigenvalue weighted by Crippen LogP contribution is 2.33. The van der Waals surface area contributed by atoms with Gasteiger partial charge in [-0.25, -0.2) is 4.68 Å². The maximum absolute atomic E-state index is 11.2. The molecule has 1 aliphatic rings. The SMILES string of the molecule is CCn1nc(C)c([N+](=O)[O-])c1NC1CCC(SC)CC1. The Labute approximate surface area is 123 Å². The summed E-state index contributed by atoms with van der Waals surface area (Å²) in [6.07, 6.45) is 6.63. The van der Waals surface area contributed by atoms with E-state index in [4.69, 9.17) is 0 Å². The second kappa shape index (κ2) is 6.47. The van der Waals surface area contributed by atoms with Crippen molar-refractivity contribution in [3.63, 3.8) is 0 Å². The molecule has 0 saturated heterocycles. The number of hydrogen-bond donors (Lipinski definition) is 1. The Balaban J connectivity index is 2.14. The van der Waals surface area contributed by atoms with E-state index in [-0.39, 0.29) is 10.6 Å². The van der Waals surface area contributed by atoms with Gasteiger partial charge >= 0.3 is 5.69 Å². The van der Waals surface area contributed by atoms with E-state index >= 15 is 0 Å². The van der Waals surface area contributed by atoms with Gasteiger partial charge in [0.15, 0.2) is 0 Å². The molecule has 0 radical (unpaired) electrons. The van der Waals surface area contributed by atoms with Crippen LogP contribution in [0.4, 0.5) is 11.5 Å². The molecule has 7 heteroatoms. The van der Waals surface area contributed by atoms with Gasteiger partial charge in [0.1, 0.15) is 5.69 Å². The lowest BCUT2D eigenvalue weighted by Crippen LogP contribution is -2.28. The van der Waals surface area contributed by atoms with Crippen LogP contribution in [0.25, 0.3) is 0 Å². The van der Waals surface area contributed by atoms with Gasteiger partial charge in [-0.3, -0.25) is 10.1 Å². The van der Waals surface area contributed by atoms with E-state index in [0.717, 1.165) is 18.1 Å². The number of nitro groups is 1. The van der Waals surface area contributed by atoms with Crippen molar-refractivity contribution in [2.24, 2.45) is 0 Å². The van der Waals surface area contributed by atoms with Crippen LogP contribution in [0.1, 0.15) is 38.3 Å². The Bertz CT molecular complexity index is 481. The first-order valence-corrected chi connectivity index (χ1v) is 8.36. The molecule has 0 spiro atoms. The fourth-order valence-electron chi connectivity index (χ4n) is 2.80. The highest BCUT2D eigenvalue weighted by molar-refractivity contribution is 7.99. The van der Waals surface area contributed by atoms with Crippen molar-refractivity contribution < 1.29 is 4.92 Å². The molecule has 0 unspecified atom stereocenters. The predicted octanol–water partition coefficient (Wildman–Crippen LogP) is 3.21. The molecule has 0 bridgehead atoms. The minimum atomic E-state index is -0.329. The van der Waals surface area contributed by atoms with Gasteiger partial charge in [0.2, 0.25) is 5.82 Å². The lowest BCUT2D eigenvalue weighted by atomic mass is 9.95. The van der Waals surface area contributed by atoms with Gasteiger partial charge in [-0.05, 0) is 45.8 Å². The van der Waals surface area contributed by atoms with E-state index in [1.807, 2.05) is 18.7 Å². The van der Waals surface area contributed by atoms with Crippen molar-refractivity contribution in [2.75, 3.05) is 11.6 Å². The Morgan fingerprint density at radius 2 is 2.10 bits per heavy atom. The summed E-state index contributed by atoms with van der Waals surface area (Å²) in [5, 5.41) is 19.6. The lowest BCUT2D eigenvalue weighted by Gasteiger charge is -2.28. The quantitative estimate of drug-likeness (QED) is 0.667. The van der Waals surface area contributed by atoms with E-state index < -0.39 is 0 Å². The fraction of sp³-hybridized carbons (Fsp3) is 0.769. The van der Waals surface area contributed by atoms with Crippen LogP contribution in [0.3, 0.4) is 0 Å². The fourth-order valence-corrected chi connectivity index (χ4v) is 3.54. The molecule has 1 aliphatic carbocycles. The standard InChI is InChI=1S/C13H22N4O2S/c1-4-16-13(12(17(18)19)9(2)15-16)14-10-5-7-11(20-3)8-6-10/h10-11,14H,4-8H2,1-3H3. The summed E-state index contributed by atoms with van der Waals surface area (Å²) in [5.41, 5.74) is 0.607. The van der Waals surface area contributed by atoms with Crippen LogP contribution < -0.4 is 5.32 Å². The third-order valence-electron chi connectivity index (χ3n) is 3.93. The number of aryl methyl sites for hydroxylation is 2. The first-order valence-electron chi connectivity index (χ1n) is 7.07. The molecule has 0 aromatic carbocycles. The summed E-state index contributed by atoms with van der Waals surface area (Å²) in [6.45, 7) is 4.28. The van der Waals surface area contributed by atoms with Gasteiger partial charge in [-0.15, -0.1) is 0 Å². The molecule has 20 heavy (non-hydrogen) atoms. The van der Waals surface area contributed by atoms with Gasteiger partial charge in [-0.1, -0.05) is 0 Å². The third-order valence-corrected chi connectivity index (χ3v) is 5.06. The summed E-state index contributed by atoms with van der Waals surface area (Å²) < 4.78 is 1.70. The maximum atomic E-state index is 11.2. The van der Waals surface area contributed by atoms with Crippen LogP contribution >= 0.6 is 11.8 Å². The number of nitrogens with one attached hydrogen (secondary N) is 1. The third kappa shape index (κ3) is 3.08. The number of rotatable bonds is 5. The average molecular weight is 298 g/mol. The zero-order chi connectivity index (χ0) is 14.7. The molecular formula is C13H22N4O2S. The summed E-state index contributed by atoms with van der Waals surface area (Å²) in [7, 11) is 0. The average Bonchev–Trinajstić information content (AvgIpc) is 2.75. The second-order valence-corrected chi connectivity index (χ2v) is 6.35. The number of thioether (sulfide) groups is 1. The molecule has 1 N–H and O–H groups in total. The molecule has 2 rings (SSSR count). The predicted molar refractivity (Wildman–Crippen MR) is 82.5 cm³/mol. The van der Waals surface area contributed by atoms with E-state index in [1.165, 1.54) is 12.8 Å². The molecule has 112 valence electrons. The summed E-state index contributed by atoms with van der Waals surface area (Å²) in [5.74, 6) is 0.572. The van der Waals surface area contributed by atoms with Gasteiger partial charge in [0, 0.05) is 17.8 Å². The van der Waals surface area contributed by atoms with Crippen molar-refractivity contribution in [3.8, 4) is 0 Å². The lowest BCUT2D eigenvalue weighted by molar-refractivity contribution is -0.384. The number of anilines is 1. The minimum absolute atomic E-state index is 0.124. The molecule has 1 heterocycles. The summed E-state index contributed by atoms with van der Waals surface area (Å²) >= 11 is 1.92. The number of nitrogens with zero attached hydrogens (tertiary/aromatic N) is 3. The largest absolute Gasteiger partial charge is 0.362 e. The molecule has 1 aromatic heterocycles. The number of hydrogen-bond acceptors (Lipinski definition) is 5. The Hall–Kier alpha value is -1.24. The smallest absolute Gasteiger partial charge is 0.333 e. The molecule has 6 nitrogen and oxygen atoms in total. The molecule has 0 atom stereocenters. The Morgan fingerprint density at radius 3 is 2.60 bits per heavy atom. The van der Waals surface area contributed by atoms with Gasteiger partial charge in [-0.2, -0.15) is 16.9 Å². The molecular weight excluding hydrogens is 276 g/mol. The van der Waals surface area contributed by atoms with Crippen LogP contribution in [0.5, 0.6) is 0 Å². The van der Waals surface area contributed by atoms with Gasteiger partial charge in [0.25, 0.3) is 0 Å². The first kappa shape index (κ1) is 15.2. The normalized spacial score (nSPS) is 22.8. The van der Waals surface area contributed by atoms with Gasteiger partial charge in [0.05, 0.1) is 4.92 Å². The van der Waals surface area contributed by atoms with E-state index in [2.05, 4.69) is 16.7 Å². The summed E-state index contributed by atoms with van der Waals surface area (Å²) in [6, 6.07) is 0.318. The van der Waals surface area contributed by atoms with Crippen LogP contribution in [0, 0.1) is 17.0 Å². The highest BCUT2D eigenvalue weighted by atomic mass is 32.2. The minimum Gasteiger partial charge on any atom is -0.362 e. The zero-order valence-electron chi connectivity index (χ0n) is 12.3. The van der Waals surface area contributed by atoms with Crippen molar-refractivity contribution in [1.29, 1.82) is 0 Å². The van der Waals surface area contributed by atoms with E-state index in [0.29, 0.717) is 24.1 Å². The molecule has 1 fully saturated rings. The molecule has 1 saturated carbocycles. The van der Waals surface area contributed by atoms with E-state index in [1.54, 1.807) is 11.6 Å². The number of aromatic nitrogens is 2. The highest BCUT2D eigenvalue weighted by Gasteiger charge is 2.28. The van der Waals surface area contributed by atoms with Crippen LogP contribution in [0.15, 0.2) is 0 Å². The topological polar surface area (TPSA) is 73.0 Å². The maximum Gasteiger partial charge on any atom is 0.333 e. The van der Waals surface area contributed by atoms with Crippen LogP contribution in [0.2, 0.25) is 0 Å². The van der Waals surface area contributed by atoms with Crippen LogP contribution in [-0.2, 0) is 6.54 Å². The Morgan fingerprint density at radius 1 is 1.45 bits per heavy atom. The monoisotopic (exact) mass is 298 g/mol. The van der Waals surface area contributed by atoms with Crippen molar-refractivity contribution in [3.05, 3.63) is 15.8 Å². The summed E-state index contributed by atoms with van der Waals surface area (Å²) in [4.78, 5) is 10.9. The molecule has 0 amide bonds. The van der Waals surface area contributed by atoms with Gasteiger partial charge < -0.3 is 5.32 Å². The Kier molecular flexibility index (Phi) is 4.91. The molecule has 0 aliphatic heterocycles. The first-order chi connectivity index (χ1) is 9.56. The van der Waals surface area contributed by atoms with Crippen molar-refractivity contribution >= 4 is 23.3 Å². The van der Waals surface area contributed by atoms with Crippen LogP contribution in [-0.4, -0.2) is 32.3 Å². The van der Waals surface area contributed by atoms with E-state index in [9.17, 15) is 10.1 Å².